The van der Waals surface area contributed by atoms with Crippen LogP contribution in [0.5, 0.6) is 0 Å². The van der Waals surface area contributed by atoms with Crippen LogP contribution in [-0.4, -0.2) is 12.6 Å². The SMILES string of the molecule is C=C(C)C(=O)OCC(CCC(C)CCCCCCCCCCCCCCCC)C(C)CCCCCCCCCCCCCCCC. The summed E-state index contributed by atoms with van der Waals surface area (Å²) in [5.41, 5.74) is 0.518. The van der Waals surface area contributed by atoms with Gasteiger partial charge in [-0.3, -0.25) is 0 Å². The number of hydrogen-bond donors (Lipinski definition) is 0. The minimum absolute atomic E-state index is 0.218. The molecule has 0 aliphatic carbocycles. The summed E-state index contributed by atoms with van der Waals surface area (Å²) in [5.74, 6) is 1.64. The van der Waals surface area contributed by atoms with Gasteiger partial charge in [0.15, 0.2) is 0 Å². The molecule has 0 fully saturated rings. The zero-order valence-electron chi connectivity index (χ0n) is 32.6. The summed E-state index contributed by atoms with van der Waals surface area (Å²) in [6.07, 6.45) is 44.8. The molecule has 0 saturated heterocycles. The smallest absolute Gasteiger partial charge is 0.333 e. The first-order valence-electron chi connectivity index (χ1n) is 21.2. The highest BCUT2D eigenvalue weighted by atomic mass is 16.5. The zero-order chi connectivity index (χ0) is 33.9. The molecule has 0 amide bonds. The van der Waals surface area contributed by atoms with Crippen molar-refractivity contribution in [2.24, 2.45) is 17.8 Å². The molecule has 0 bridgehead atoms. The third-order valence-corrected chi connectivity index (χ3v) is 10.7. The van der Waals surface area contributed by atoms with Gasteiger partial charge in [0.2, 0.25) is 0 Å². The van der Waals surface area contributed by atoms with Crippen molar-refractivity contribution in [2.45, 2.75) is 240 Å². The highest BCUT2D eigenvalue weighted by Gasteiger charge is 2.20. The number of carbonyl (C=O) groups excluding carboxylic acids is 1. The Labute approximate surface area is 291 Å². The molecule has 0 aromatic rings. The van der Waals surface area contributed by atoms with E-state index in [0.717, 1.165) is 5.92 Å². The first kappa shape index (κ1) is 45.2. The fourth-order valence-electron chi connectivity index (χ4n) is 7.06. The minimum Gasteiger partial charge on any atom is -0.462 e. The maximum Gasteiger partial charge on any atom is 0.333 e. The molecular formula is C44H86O2. The number of ether oxygens (including phenoxy) is 1. The van der Waals surface area contributed by atoms with E-state index >= 15 is 0 Å². The van der Waals surface area contributed by atoms with Gasteiger partial charge < -0.3 is 4.74 Å². The predicted molar refractivity (Wildman–Crippen MR) is 207 cm³/mol. The Morgan fingerprint density at radius 3 is 1.15 bits per heavy atom. The molecule has 0 N–H and O–H groups in total. The summed E-state index contributed by atoms with van der Waals surface area (Å²) in [6.45, 7) is 15.6. The zero-order valence-corrected chi connectivity index (χ0v) is 32.6. The fourth-order valence-corrected chi connectivity index (χ4v) is 7.06. The van der Waals surface area contributed by atoms with Gasteiger partial charge in [0.05, 0.1) is 6.61 Å². The first-order valence-corrected chi connectivity index (χ1v) is 21.2. The maximum absolute atomic E-state index is 12.1. The standard InChI is InChI=1S/C44H86O2/c1-7-9-11-13-15-17-19-21-23-25-27-29-31-33-35-41(5)37-38-43(39-46-44(45)40(3)4)42(6)36-34-32-30-28-26-24-22-20-18-16-14-12-10-8-2/h41-43H,3,7-39H2,1-2,4-6H3. The van der Waals surface area contributed by atoms with Crippen LogP contribution in [0.3, 0.4) is 0 Å². The molecule has 274 valence electrons. The summed E-state index contributed by atoms with van der Waals surface area (Å²) >= 11 is 0. The van der Waals surface area contributed by atoms with E-state index in [0.29, 0.717) is 24.0 Å². The predicted octanol–water partition coefficient (Wildman–Crippen LogP) is 15.5. The first-order chi connectivity index (χ1) is 22.4. The van der Waals surface area contributed by atoms with Crippen LogP contribution in [0.1, 0.15) is 240 Å². The summed E-state index contributed by atoms with van der Waals surface area (Å²) in [7, 11) is 0. The van der Waals surface area contributed by atoms with Crippen molar-refractivity contribution in [2.75, 3.05) is 6.61 Å². The Morgan fingerprint density at radius 2 is 0.804 bits per heavy atom. The molecule has 0 aromatic carbocycles. The molecular weight excluding hydrogens is 560 g/mol. The molecule has 0 heterocycles. The summed E-state index contributed by atoms with van der Waals surface area (Å²) in [4.78, 5) is 12.1. The summed E-state index contributed by atoms with van der Waals surface area (Å²) < 4.78 is 5.69. The average Bonchev–Trinajstić information content (AvgIpc) is 3.04. The lowest BCUT2D eigenvalue weighted by molar-refractivity contribution is -0.141. The third kappa shape index (κ3) is 31.8. The number of rotatable bonds is 37. The van der Waals surface area contributed by atoms with Gasteiger partial charge in [-0.25, -0.2) is 4.79 Å². The van der Waals surface area contributed by atoms with Crippen molar-refractivity contribution >= 4 is 5.97 Å². The molecule has 0 rings (SSSR count). The molecule has 0 radical (unpaired) electrons. The van der Waals surface area contributed by atoms with Gasteiger partial charge in [-0.2, -0.15) is 0 Å². The average molecular weight is 647 g/mol. The number of carbonyl (C=O) groups is 1. The van der Waals surface area contributed by atoms with Crippen molar-refractivity contribution in [3.05, 3.63) is 12.2 Å². The Bertz CT molecular complexity index is 640. The quantitative estimate of drug-likeness (QED) is 0.0381. The van der Waals surface area contributed by atoms with E-state index in [1.54, 1.807) is 6.92 Å². The molecule has 2 nitrogen and oxygen atoms in total. The lowest BCUT2D eigenvalue weighted by Gasteiger charge is -2.25. The monoisotopic (exact) mass is 647 g/mol. The van der Waals surface area contributed by atoms with Crippen LogP contribution < -0.4 is 0 Å². The molecule has 0 aromatic heterocycles. The van der Waals surface area contributed by atoms with E-state index in [1.165, 1.54) is 205 Å². The lowest BCUT2D eigenvalue weighted by atomic mass is 9.83. The van der Waals surface area contributed by atoms with E-state index in [2.05, 4.69) is 34.3 Å². The lowest BCUT2D eigenvalue weighted by Crippen LogP contribution is -2.21. The molecule has 0 spiro atoms. The Morgan fingerprint density at radius 1 is 0.478 bits per heavy atom. The Hall–Kier alpha value is -0.790. The highest BCUT2D eigenvalue weighted by molar-refractivity contribution is 5.86. The molecule has 3 unspecified atom stereocenters. The second kappa shape index (κ2) is 35.5. The van der Waals surface area contributed by atoms with Crippen molar-refractivity contribution in [3.63, 3.8) is 0 Å². The van der Waals surface area contributed by atoms with E-state index in [9.17, 15) is 4.79 Å². The molecule has 3 atom stereocenters. The van der Waals surface area contributed by atoms with E-state index in [-0.39, 0.29) is 5.97 Å². The van der Waals surface area contributed by atoms with Crippen LogP contribution in [0.15, 0.2) is 12.2 Å². The second-order valence-corrected chi connectivity index (χ2v) is 15.6. The van der Waals surface area contributed by atoms with Gasteiger partial charge in [0, 0.05) is 5.57 Å². The van der Waals surface area contributed by atoms with Crippen LogP contribution in [0.2, 0.25) is 0 Å². The summed E-state index contributed by atoms with van der Waals surface area (Å²) in [6, 6.07) is 0. The largest absolute Gasteiger partial charge is 0.462 e. The van der Waals surface area contributed by atoms with Crippen LogP contribution in [0.25, 0.3) is 0 Å². The van der Waals surface area contributed by atoms with Crippen molar-refractivity contribution in [3.8, 4) is 0 Å². The van der Waals surface area contributed by atoms with Crippen LogP contribution >= 0.6 is 0 Å². The maximum atomic E-state index is 12.1. The third-order valence-electron chi connectivity index (χ3n) is 10.7. The van der Waals surface area contributed by atoms with Crippen LogP contribution in [0, 0.1) is 17.8 Å². The van der Waals surface area contributed by atoms with E-state index < -0.39 is 0 Å². The normalized spacial score (nSPS) is 13.5. The van der Waals surface area contributed by atoms with Crippen molar-refractivity contribution < 1.29 is 9.53 Å². The van der Waals surface area contributed by atoms with Gasteiger partial charge in [0.25, 0.3) is 0 Å². The topological polar surface area (TPSA) is 26.3 Å². The minimum atomic E-state index is -0.218. The molecule has 0 aliphatic heterocycles. The number of unbranched alkanes of at least 4 members (excludes halogenated alkanes) is 26. The fraction of sp³-hybridized carbons (Fsp3) is 0.932. The molecule has 0 aliphatic rings. The van der Waals surface area contributed by atoms with Gasteiger partial charge >= 0.3 is 5.97 Å². The van der Waals surface area contributed by atoms with Gasteiger partial charge in [0.1, 0.15) is 0 Å². The van der Waals surface area contributed by atoms with E-state index in [1.807, 2.05) is 0 Å². The molecule has 46 heavy (non-hydrogen) atoms. The van der Waals surface area contributed by atoms with Gasteiger partial charge in [-0.05, 0) is 31.1 Å². The van der Waals surface area contributed by atoms with E-state index in [4.69, 9.17) is 4.74 Å². The Kier molecular flexibility index (Phi) is 34.9. The number of esters is 1. The molecule has 2 heteroatoms. The van der Waals surface area contributed by atoms with Crippen molar-refractivity contribution in [1.29, 1.82) is 0 Å². The summed E-state index contributed by atoms with van der Waals surface area (Å²) in [5, 5.41) is 0. The Balaban J connectivity index is 3.99. The molecule has 0 saturated carbocycles. The van der Waals surface area contributed by atoms with Crippen molar-refractivity contribution in [1.82, 2.24) is 0 Å². The van der Waals surface area contributed by atoms with Crippen LogP contribution in [-0.2, 0) is 9.53 Å². The highest BCUT2D eigenvalue weighted by Crippen LogP contribution is 2.28. The number of hydrogen-bond acceptors (Lipinski definition) is 2. The van der Waals surface area contributed by atoms with Gasteiger partial charge in [-0.15, -0.1) is 0 Å². The van der Waals surface area contributed by atoms with Crippen LogP contribution in [0.4, 0.5) is 0 Å². The second-order valence-electron chi connectivity index (χ2n) is 15.6. The van der Waals surface area contributed by atoms with Gasteiger partial charge in [-0.1, -0.05) is 233 Å².